The highest BCUT2D eigenvalue weighted by atomic mass is 16.6. The van der Waals surface area contributed by atoms with Crippen molar-refractivity contribution in [2.45, 2.75) is 0 Å². The summed E-state index contributed by atoms with van der Waals surface area (Å²) in [6, 6.07) is 58.8. The van der Waals surface area contributed by atoms with Crippen molar-refractivity contribution >= 4 is 78.0 Å². The number of nitrogens with one attached hydrogen (secondary N) is 2. The molecule has 10 rings (SSSR count). The summed E-state index contributed by atoms with van der Waals surface area (Å²) in [6.45, 7) is 0. The van der Waals surface area contributed by atoms with Gasteiger partial charge in [-0.2, -0.15) is 0 Å². The van der Waals surface area contributed by atoms with Gasteiger partial charge in [-0.15, -0.1) is 0 Å². The molecule has 58 heavy (non-hydrogen) atoms. The fraction of sp³-hybridized carbons (Fsp3) is 0.0204. The molecule has 2 heterocycles. The number of hydrogen-bond acceptors (Lipinski definition) is 8. The standard InChI is InChI=1S/C24H16N2O3.C24H18N2O.CH4O/c27-26(28)22-14-13-16(15-21(22)25-17-7-2-1-3-8-17)18-10-6-11-20-19-9-4-5-12-23(19)29-24(18)20;25-21-14-13-16(15-22(21)26-17-7-2-1-3-8-17)18-10-6-11-20-19-9-4-5-12-23(19)27-24(18)20;1-2/h1-15,25H;1-15,26H,25H2;2H,1H3. The fourth-order valence-electron chi connectivity index (χ4n) is 7.10. The van der Waals surface area contributed by atoms with Crippen molar-refractivity contribution in [2.24, 2.45) is 0 Å². The molecule has 0 unspecified atom stereocenters. The Morgan fingerprint density at radius 1 is 0.500 bits per heavy atom. The number of nitrogens with zero attached hydrogens (tertiary/aromatic N) is 1. The maximum absolute atomic E-state index is 11.5. The molecule has 284 valence electrons. The van der Waals surface area contributed by atoms with Crippen molar-refractivity contribution in [1.82, 2.24) is 0 Å². The minimum absolute atomic E-state index is 0.0226. The largest absolute Gasteiger partial charge is 0.455 e. The summed E-state index contributed by atoms with van der Waals surface area (Å²) >= 11 is 0. The number of fused-ring (bicyclic) bond motifs is 6. The zero-order valence-electron chi connectivity index (χ0n) is 31.4. The van der Waals surface area contributed by atoms with Gasteiger partial charge in [0, 0.05) is 57.2 Å². The van der Waals surface area contributed by atoms with Crippen molar-refractivity contribution in [3.05, 3.63) is 192 Å². The summed E-state index contributed by atoms with van der Waals surface area (Å²) < 4.78 is 12.3. The third-order valence-electron chi connectivity index (χ3n) is 9.78. The lowest BCUT2D eigenvalue weighted by Crippen LogP contribution is -1.97. The van der Waals surface area contributed by atoms with Gasteiger partial charge < -0.3 is 30.3 Å². The molecule has 0 fully saturated rings. The van der Waals surface area contributed by atoms with Crippen LogP contribution in [0.3, 0.4) is 0 Å². The zero-order valence-corrected chi connectivity index (χ0v) is 31.4. The Bertz CT molecular complexity index is 3030. The van der Waals surface area contributed by atoms with E-state index in [2.05, 4.69) is 41.0 Å². The van der Waals surface area contributed by atoms with Gasteiger partial charge in [0.1, 0.15) is 28.0 Å². The number of hydrogen-bond donors (Lipinski definition) is 4. The van der Waals surface area contributed by atoms with Gasteiger partial charge in [-0.05, 0) is 71.8 Å². The van der Waals surface area contributed by atoms with E-state index in [-0.39, 0.29) is 10.6 Å². The summed E-state index contributed by atoms with van der Waals surface area (Å²) in [7, 11) is 1.00. The molecule has 10 aromatic rings. The molecule has 0 saturated carbocycles. The average molecular weight is 763 g/mol. The molecule has 0 radical (unpaired) electrons. The van der Waals surface area contributed by atoms with Gasteiger partial charge in [-0.3, -0.25) is 10.1 Å². The minimum Gasteiger partial charge on any atom is -0.455 e. The van der Waals surface area contributed by atoms with Crippen LogP contribution in [0.25, 0.3) is 66.1 Å². The van der Waals surface area contributed by atoms with E-state index in [0.29, 0.717) is 11.4 Å². The second-order valence-electron chi connectivity index (χ2n) is 13.3. The number of nitrogens with two attached hydrogens (primary N) is 1. The molecule has 9 nitrogen and oxygen atoms in total. The van der Waals surface area contributed by atoms with Crippen LogP contribution in [-0.4, -0.2) is 17.1 Å². The van der Waals surface area contributed by atoms with Gasteiger partial charge in [-0.1, -0.05) is 115 Å². The highest BCUT2D eigenvalue weighted by Crippen LogP contribution is 2.40. The van der Waals surface area contributed by atoms with E-state index in [9.17, 15) is 10.1 Å². The Kier molecular flexibility index (Phi) is 10.5. The molecule has 0 saturated heterocycles. The van der Waals surface area contributed by atoms with Crippen LogP contribution < -0.4 is 16.4 Å². The first-order chi connectivity index (χ1) is 28.5. The lowest BCUT2D eigenvalue weighted by atomic mass is 10.0. The molecule has 0 atom stereocenters. The van der Waals surface area contributed by atoms with Crippen LogP contribution in [0, 0.1) is 10.1 Å². The molecule has 5 N–H and O–H groups in total. The summed E-state index contributed by atoms with van der Waals surface area (Å²) in [5.41, 5.74) is 17.3. The third-order valence-corrected chi connectivity index (χ3v) is 9.78. The Balaban J connectivity index is 0.000000156. The third kappa shape index (κ3) is 7.40. The number of benzene rings is 8. The smallest absolute Gasteiger partial charge is 0.292 e. The molecule has 0 aliphatic rings. The SMILES string of the molecule is CO.Nc1ccc(-c2cccc3c2oc2ccccc23)cc1Nc1ccccc1.O=[N+]([O-])c1ccc(-c2cccc3c2oc2ccccc23)cc1Nc1ccccc1. The molecule has 0 aliphatic heterocycles. The molecule has 2 aromatic heterocycles. The lowest BCUT2D eigenvalue weighted by Gasteiger charge is -2.12. The van der Waals surface area contributed by atoms with Crippen LogP contribution >= 0.6 is 0 Å². The maximum atomic E-state index is 11.5. The van der Waals surface area contributed by atoms with Crippen LogP contribution in [0.4, 0.5) is 34.1 Å². The summed E-state index contributed by atoms with van der Waals surface area (Å²) in [5, 5.41) is 29.4. The lowest BCUT2D eigenvalue weighted by molar-refractivity contribution is -0.383. The highest BCUT2D eigenvalue weighted by Gasteiger charge is 2.18. The maximum Gasteiger partial charge on any atom is 0.292 e. The number of aliphatic hydroxyl groups excluding tert-OH is 1. The molecule has 0 spiro atoms. The number of aliphatic hydroxyl groups is 1. The number of nitro groups is 1. The highest BCUT2D eigenvalue weighted by molar-refractivity contribution is 6.10. The molecule has 0 bridgehead atoms. The van der Waals surface area contributed by atoms with Crippen LogP contribution in [0.5, 0.6) is 0 Å². The Morgan fingerprint density at radius 2 is 0.931 bits per heavy atom. The molecule has 9 heteroatoms. The Morgan fingerprint density at radius 3 is 1.45 bits per heavy atom. The van der Waals surface area contributed by atoms with E-state index >= 15 is 0 Å². The number of nitro benzene ring substituents is 1. The number of rotatable bonds is 7. The van der Waals surface area contributed by atoms with E-state index in [1.807, 2.05) is 133 Å². The zero-order chi connectivity index (χ0) is 40.0. The molecular weight excluding hydrogens is 725 g/mol. The van der Waals surface area contributed by atoms with Crippen LogP contribution in [0.1, 0.15) is 0 Å². The second-order valence-corrected chi connectivity index (χ2v) is 13.3. The van der Waals surface area contributed by atoms with Gasteiger partial charge in [-0.25, -0.2) is 0 Å². The van der Waals surface area contributed by atoms with Gasteiger partial charge in [0.2, 0.25) is 0 Å². The van der Waals surface area contributed by atoms with Gasteiger partial charge in [0.25, 0.3) is 5.69 Å². The summed E-state index contributed by atoms with van der Waals surface area (Å²) in [5.74, 6) is 0. The van der Waals surface area contributed by atoms with E-state index < -0.39 is 0 Å². The van der Waals surface area contributed by atoms with Crippen molar-refractivity contribution < 1.29 is 18.9 Å². The van der Waals surface area contributed by atoms with Crippen molar-refractivity contribution in [1.29, 1.82) is 0 Å². The summed E-state index contributed by atoms with van der Waals surface area (Å²) in [6.07, 6.45) is 0. The van der Waals surface area contributed by atoms with Crippen molar-refractivity contribution in [3.8, 4) is 22.3 Å². The number of para-hydroxylation sites is 6. The van der Waals surface area contributed by atoms with Crippen LogP contribution in [0.2, 0.25) is 0 Å². The summed E-state index contributed by atoms with van der Waals surface area (Å²) in [4.78, 5) is 11.2. The van der Waals surface area contributed by atoms with Crippen LogP contribution in [0.15, 0.2) is 191 Å². The van der Waals surface area contributed by atoms with E-state index in [4.69, 9.17) is 19.7 Å². The first-order valence-electron chi connectivity index (χ1n) is 18.6. The minimum atomic E-state index is -0.378. The normalized spacial score (nSPS) is 10.8. The van der Waals surface area contributed by atoms with E-state index in [1.54, 1.807) is 12.1 Å². The van der Waals surface area contributed by atoms with Gasteiger partial charge in [0.05, 0.1) is 16.3 Å². The topological polar surface area (TPSA) is 140 Å². The number of nitrogen functional groups attached to an aromatic ring is 1. The van der Waals surface area contributed by atoms with Gasteiger partial charge in [0.15, 0.2) is 0 Å². The van der Waals surface area contributed by atoms with Crippen molar-refractivity contribution in [3.63, 3.8) is 0 Å². The predicted octanol–water partition coefficient (Wildman–Crippen LogP) is 13.1. The number of anilines is 5. The first-order valence-corrected chi connectivity index (χ1v) is 18.6. The van der Waals surface area contributed by atoms with Crippen molar-refractivity contribution in [2.75, 3.05) is 23.5 Å². The second kappa shape index (κ2) is 16.5. The van der Waals surface area contributed by atoms with E-state index in [1.165, 1.54) is 6.07 Å². The first kappa shape index (κ1) is 37.1. The predicted molar refractivity (Wildman–Crippen MR) is 237 cm³/mol. The molecule has 0 amide bonds. The monoisotopic (exact) mass is 762 g/mol. The quantitative estimate of drug-likeness (QED) is 0.0715. The molecule has 8 aromatic carbocycles. The Labute approximate surface area is 333 Å². The fourth-order valence-corrected chi connectivity index (χ4v) is 7.10. The molecule has 0 aliphatic carbocycles. The number of furan rings is 2. The molecular formula is C49H38N4O5. The van der Waals surface area contributed by atoms with E-state index in [0.717, 1.165) is 90.3 Å². The Hall–Kier alpha value is -7.88. The average Bonchev–Trinajstić information content (AvgIpc) is 3.85. The van der Waals surface area contributed by atoms with Gasteiger partial charge >= 0.3 is 0 Å². The van der Waals surface area contributed by atoms with Crippen LogP contribution in [-0.2, 0) is 0 Å².